The quantitative estimate of drug-likeness (QED) is 0.901. The van der Waals surface area contributed by atoms with Gasteiger partial charge in [0.05, 0.1) is 10.5 Å². The predicted molar refractivity (Wildman–Crippen MR) is 86.1 cm³/mol. The number of piperidine rings is 1. The van der Waals surface area contributed by atoms with E-state index in [0.29, 0.717) is 5.92 Å². The first-order valence-corrected chi connectivity index (χ1v) is 7.47. The highest BCUT2D eigenvalue weighted by atomic mass is 35.5. The summed E-state index contributed by atoms with van der Waals surface area (Å²) in [5.74, 6) is 0.559. The van der Waals surface area contributed by atoms with Crippen molar-refractivity contribution in [1.29, 1.82) is 0 Å². The van der Waals surface area contributed by atoms with E-state index in [4.69, 9.17) is 5.73 Å². The molecule has 4 nitrogen and oxygen atoms in total. The van der Waals surface area contributed by atoms with Crippen molar-refractivity contribution in [3.63, 3.8) is 0 Å². The Balaban J connectivity index is 0.000001000. The van der Waals surface area contributed by atoms with Crippen LogP contribution in [0.1, 0.15) is 42.3 Å². The topological polar surface area (TPSA) is 59.2 Å². The molecule has 1 saturated carbocycles. The van der Waals surface area contributed by atoms with Crippen molar-refractivity contribution in [3.8, 4) is 0 Å². The molecule has 1 aromatic rings. The van der Waals surface area contributed by atoms with Crippen molar-refractivity contribution in [1.82, 2.24) is 9.88 Å². The molecule has 1 atom stereocenters. The number of carbonyl (C=O) groups is 1. The van der Waals surface area contributed by atoms with Gasteiger partial charge in [-0.15, -0.1) is 36.2 Å². The lowest BCUT2D eigenvalue weighted by atomic mass is 9.98. The molecule has 0 radical (unpaired) electrons. The third kappa shape index (κ3) is 3.45. The SMILES string of the molecule is Cc1csc(C2CCCN(C(=O)C3(N)CC3)C2)n1.Cl.Cl. The molecule has 1 aliphatic carbocycles. The summed E-state index contributed by atoms with van der Waals surface area (Å²) in [6, 6.07) is 0. The van der Waals surface area contributed by atoms with Gasteiger partial charge in [-0.3, -0.25) is 4.79 Å². The molecule has 0 bridgehead atoms. The Labute approximate surface area is 135 Å². The van der Waals surface area contributed by atoms with Gasteiger partial charge in [0.25, 0.3) is 0 Å². The summed E-state index contributed by atoms with van der Waals surface area (Å²) in [5.41, 5.74) is 6.56. The number of likely N-dealkylation sites (tertiary alicyclic amines) is 1. The first-order valence-electron chi connectivity index (χ1n) is 6.59. The number of aryl methyl sites for hydroxylation is 1. The van der Waals surface area contributed by atoms with Gasteiger partial charge in [0.1, 0.15) is 0 Å². The molecular weight excluding hydrogens is 317 g/mol. The summed E-state index contributed by atoms with van der Waals surface area (Å²) in [6.07, 6.45) is 3.89. The summed E-state index contributed by atoms with van der Waals surface area (Å²) in [7, 11) is 0. The first-order chi connectivity index (χ1) is 8.58. The maximum absolute atomic E-state index is 12.2. The third-order valence-corrected chi connectivity index (χ3v) is 5.03. The van der Waals surface area contributed by atoms with E-state index in [9.17, 15) is 4.79 Å². The zero-order chi connectivity index (χ0) is 12.8. The molecule has 1 unspecified atom stereocenters. The highest BCUT2D eigenvalue weighted by Gasteiger charge is 2.48. The fourth-order valence-electron chi connectivity index (χ4n) is 2.59. The van der Waals surface area contributed by atoms with Crippen LogP contribution in [-0.2, 0) is 4.79 Å². The summed E-state index contributed by atoms with van der Waals surface area (Å²) < 4.78 is 0. The molecule has 2 fully saturated rings. The molecule has 2 aliphatic rings. The number of aromatic nitrogens is 1. The lowest BCUT2D eigenvalue weighted by molar-refractivity contribution is -0.134. The molecule has 1 aromatic heterocycles. The maximum Gasteiger partial charge on any atom is 0.242 e. The van der Waals surface area contributed by atoms with Crippen molar-refractivity contribution in [2.45, 2.75) is 44.1 Å². The van der Waals surface area contributed by atoms with E-state index < -0.39 is 5.54 Å². The zero-order valence-electron chi connectivity index (χ0n) is 11.5. The number of halogens is 2. The van der Waals surface area contributed by atoms with Gasteiger partial charge in [-0.1, -0.05) is 0 Å². The van der Waals surface area contributed by atoms with Crippen molar-refractivity contribution in [2.75, 3.05) is 13.1 Å². The molecular formula is C13H21Cl2N3OS. The van der Waals surface area contributed by atoms with Crippen LogP contribution in [0.3, 0.4) is 0 Å². The van der Waals surface area contributed by atoms with E-state index in [2.05, 4.69) is 10.4 Å². The monoisotopic (exact) mass is 337 g/mol. The fraction of sp³-hybridized carbons (Fsp3) is 0.692. The Bertz CT molecular complexity index is 476. The van der Waals surface area contributed by atoms with Gasteiger partial charge in [0.15, 0.2) is 0 Å². The molecule has 0 aromatic carbocycles. The number of thiazole rings is 1. The first kappa shape index (κ1) is 17.7. The Morgan fingerprint density at radius 3 is 2.75 bits per heavy atom. The van der Waals surface area contributed by atoms with Gasteiger partial charge in [0, 0.05) is 30.1 Å². The van der Waals surface area contributed by atoms with Crippen LogP contribution in [0, 0.1) is 6.92 Å². The Morgan fingerprint density at radius 2 is 2.20 bits per heavy atom. The molecule has 2 N–H and O–H groups in total. The minimum atomic E-state index is -0.527. The van der Waals surface area contributed by atoms with Crippen LogP contribution in [0.2, 0.25) is 0 Å². The van der Waals surface area contributed by atoms with Crippen LogP contribution in [0.15, 0.2) is 5.38 Å². The van der Waals surface area contributed by atoms with Crippen LogP contribution in [-0.4, -0.2) is 34.4 Å². The van der Waals surface area contributed by atoms with Crippen molar-refractivity contribution < 1.29 is 4.79 Å². The van der Waals surface area contributed by atoms with Gasteiger partial charge in [-0.2, -0.15) is 0 Å². The molecule has 1 amide bonds. The highest BCUT2D eigenvalue weighted by Crippen LogP contribution is 2.37. The third-order valence-electron chi connectivity index (χ3n) is 3.91. The van der Waals surface area contributed by atoms with Gasteiger partial charge in [-0.25, -0.2) is 4.98 Å². The average molecular weight is 338 g/mol. The lowest BCUT2D eigenvalue weighted by Gasteiger charge is -2.33. The second-order valence-electron chi connectivity index (χ2n) is 5.57. The summed E-state index contributed by atoms with van der Waals surface area (Å²) in [6.45, 7) is 3.67. The van der Waals surface area contributed by atoms with E-state index in [-0.39, 0.29) is 30.7 Å². The van der Waals surface area contributed by atoms with Crippen molar-refractivity contribution >= 4 is 42.1 Å². The van der Waals surface area contributed by atoms with E-state index >= 15 is 0 Å². The average Bonchev–Trinajstić information content (AvgIpc) is 2.98. The van der Waals surface area contributed by atoms with Crippen molar-refractivity contribution in [2.24, 2.45) is 5.73 Å². The fourth-order valence-corrected chi connectivity index (χ4v) is 3.51. The lowest BCUT2D eigenvalue weighted by Crippen LogP contribution is -2.49. The Hall–Kier alpha value is -0.360. The van der Waals surface area contributed by atoms with Crippen LogP contribution >= 0.6 is 36.2 Å². The number of hydrogen-bond donors (Lipinski definition) is 1. The highest BCUT2D eigenvalue weighted by molar-refractivity contribution is 7.09. The molecule has 2 heterocycles. The van der Waals surface area contributed by atoms with Crippen LogP contribution in [0.5, 0.6) is 0 Å². The predicted octanol–water partition coefficient (Wildman–Crippen LogP) is 2.49. The second kappa shape index (κ2) is 6.60. The standard InChI is InChI=1S/C13H19N3OS.2ClH/c1-9-8-18-11(15-9)10-3-2-6-16(7-10)12(17)13(14)4-5-13;;/h8,10H,2-7,14H2,1H3;2*1H. The van der Waals surface area contributed by atoms with E-state index in [1.54, 1.807) is 11.3 Å². The molecule has 1 aliphatic heterocycles. The summed E-state index contributed by atoms with van der Waals surface area (Å²) in [4.78, 5) is 18.8. The largest absolute Gasteiger partial charge is 0.340 e. The van der Waals surface area contributed by atoms with Gasteiger partial charge in [-0.05, 0) is 32.6 Å². The van der Waals surface area contributed by atoms with Gasteiger partial charge < -0.3 is 10.6 Å². The van der Waals surface area contributed by atoms with Gasteiger partial charge in [0.2, 0.25) is 5.91 Å². The van der Waals surface area contributed by atoms with Crippen LogP contribution < -0.4 is 5.73 Å². The smallest absolute Gasteiger partial charge is 0.242 e. The zero-order valence-corrected chi connectivity index (χ0v) is 14.0. The molecule has 3 rings (SSSR count). The minimum Gasteiger partial charge on any atom is -0.340 e. The minimum absolute atomic E-state index is 0. The van der Waals surface area contributed by atoms with Gasteiger partial charge >= 0.3 is 0 Å². The molecule has 7 heteroatoms. The number of nitrogens with zero attached hydrogens (tertiary/aromatic N) is 2. The maximum atomic E-state index is 12.2. The molecule has 114 valence electrons. The second-order valence-corrected chi connectivity index (χ2v) is 6.46. The normalized spacial score (nSPS) is 23.5. The molecule has 0 spiro atoms. The van der Waals surface area contributed by atoms with Crippen molar-refractivity contribution in [3.05, 3.63) is 16.1 Å². The number of nitrogens with two attached hydrogens (primary N) is 1. The number of rotatable bonds is 2. The number of carbonyl (C=O) groups excluding carboxylic acids is 1. The van der Waals surface area contributed by atoms with Crippen LogP contribution in [0.25, 0.3) is 0 Å². The van der Waals surface area contributed by atoms with E-state index in [1.165, 1.54) is 5.01 Å². The number of amides is 1. The summed E-state index contributed by atoms with van der Waals surface area (Å²) in [5, 5.41) is 3.26. The van der Waals surface area contributed by atoms with Crippen LogP contribution in [0.4, 0.5) is 0 Å². The van der Waals surface area contributed by atoms with E-state index in [1.807, 2.05) is 11.8 Å². The number of hydrogen-bond acceptors (Lipinski definition) is 4. The molecule has 20 heavy (non-hydrogen) atoms. The van der Waals surface area contributed by atoms with E-state index in [0.717, 1.165) is 44.5 Å². The molecule has 1 saturated heterocycles. The summed E-state index contributed by atoms with van der Waals surface area (Å²) >= 11 is 1.71. The Kier molecular flexibility index (Phi) is 5.84. The Morgan fingerprint density at radius 1 is 1.50 bits per heavy atom.